The van der Waals surface area contributed by atoms with Gasteiger partial charge in [-0.3, -0.25) is 0 Å². The highest BCUT2D eigenvalue weighted by atomic mass is 16.5. The van der Waals surface area contributed by atoms with E-state index in [9.17, 15) is 4.79 Å². The van der Waals surface area contributed by atoms with Crippen LogP contribution in [0.4, 0.5) is 0 Å². The molecule has 0 aliphatic carbocycles. The van der Waals surface area contributed by atoms with Gasteiger partial charge in [0.2, 0.25) is 0 Å². The van der Waals surface area contributed by atoms with E-state index in [-0.39, 0.29) is 6.10 Å². The van der Waals surface area contributed by atoms with E-state index in [4.69, 9.17) is 14.2 Å². The van der Waals surface area contributed by atoms with Crippen molar-refractivity contribution in [2.45, 2.75) is 26.9 Å². The van der Waals surface area contributed by atoms with Crippen molar-refractivity contribution in [1.29, 1.82) is 0 Å². The smallest absolute Gasteiger partial charge is 0.341 e. The number of methoxy groups -OCH3 is 2. The highest BCUT2D eigenvalue weighted by molar-refractivity contribution is 5.93. The number of carbonyl (C=O) groups is 1. The largest absolute Gasteiger partial charge is 0.492 e. The van der Waals surface area contributed by atoms with Crippen molar-refractivity contribution < 1.29 is 19.0 Å². The van der Waals surface area contributed by atoms with E-state index in [1.165, 1.54) is 14.2 Å². The van der Waals surface area contributed by atoms with E-state index >= 15 is 0 Å². The summed E-state index contributed by atoms with van der Waals surface area (Å²) in [5.74, 6) is 0.540. The maximum Gasteiger partial charge on any atom is 0.341 e. The SMILES string of the molecule is COC(=O)c1cc(C)cc(OC(C)C)c1OC. The van der Waals surface area contributed by atoms with E-state index in [0.29, 0.717) is 17.1 Å². The number of rotatable bonds is 4. The van der Waals surface area contributed by atoms with Gasteiger partial charge in [-0.2, -0.15) is 0 Å². The van der Waals surface area contributed by atoms with E-state index in [1.807, 2.05) is 26.8 Å². The number of carbonyl (C=O) groups excluding carboxylic acids is 1. The second-order valence-corrected chi connectivity index (χ2v) is 4.00. The second kappa shape index (κ2) is 5.57. The molecule has 4 heteroatoms. The molecule has 0 aliphatic rings. The van der Waals surface area contributed by atoms with Gasteiger partial charge < -0.3 is 14.2 Å². The summed E-state index contributed by atoms with van der Waals surface area (Å²) in [5.41, 5.74) is 1.30. The average molecular weight is 238 g/mol. The molecule has 0 saturated carbocycles. The van der Waals surface area contributed by atoms with Gasteiger partial charge in [0.25, 0.3) is 0 Å². The first-order valence-electron chi connectivity index (χ1n) is 5.43. The van der Waals surface area contributed by atoms with Crippen molar-refractivity contribution in [3.05, 3.63) is 23.3 Å². The lowest BCUT2D eigenvalue weighted by Crippen LogP contribution is -2.10. The molecule has 0 N–H and O–H groups in total. The van der Waals surface area contributed by atoms with Crippen molar-refractivity contribution in [2.24, 2.45) is 0 Å². The zero-order valence-electron chi connectivity index (χ0n) is 10.9. The third-order valence-corrected chi connectivity index (χ3v) is 2.17. The van der Waals surface area contributed by atoms with E-state index in [2.05, 4.69) is 0 Å². The van der Waals surface area contributed by atoms with Crippen LogP contribution >= 0.6 is 0 Å². The van der Waals surface area contributed by atoms with Crippen LogP contribution in [-0.2, 0) is 4.74 Å². The molecule has 0 amide bonds. The Labute approximate surface area is 101 Å². The topological polar surface area (TPSA) is 44.8 Å². The number of ether oxygens (including phenoxy) is 3. The van der Waals surface area contributed by atoms with Crippen LogP contribution < -0.4 is 9.47 Å². The molecule has 0 unspecified atom stereocenters. The zero-order valence-corrected chi connectivity index (χ0v) is 10.9. The lowest BCUT2D eigenvalue weighted by molar-refractivity contribution is 0.0595. The first-order valence-corrected chi connectivity index (χ1v) is 5.43. The number of hydrogen-bond acceptors (Lipinski definition) is 4. The molecular weight excluding hydrogens is 220 g/mol. The Morgan fingerprint density at radius 2 is 1.88 bits per heavy atom. The summed E-state index contributed by atoms with van der Waals surface area (Å²) in [4.78, 5) is 11.6. The molecule has 0 heterocycles. The fourth-order valence-electron chi connectivity index (χ4n) is 1.55. The Hall–Kier alpha value is -1.71. The molecule has 1 aromatic carbocycles. The van der Waals surface area contributed by atoms with Gasteiger partial charge in [-0.25, -0.2) is 4.79 Å². The van der Waals surface area contributed by atoms with Gasteiger partial charge >= 0.3 is 5.97 Å². The van der Waals surface area contributed by atoms with Gasteiger partial charge in [-0.1, -0.05) is 0 Å². The predicted octanol–water partition coefficient (Wildman–Crippen LogP) is 2.58. The summed E-state index contributed by atoms with van der Waals surface area (Å²) in [6.07, 6.45) is 0.0104. The predicted molar refractivity (Wildman–Crippen MR) is 64.8 cm³/mol. The van der Waals surface area contributed by atoms with Crippen molar-refractivity contribution >= 4 is 5.97 Å². The van der Waals surface area contributed by atoms with Crippen molar-refractivity contribution in [2.75, 3.05) is 14.2 Å². The molecule has 0 atom stereocenters. The quantitative estimate of drug-likeness (QED) is 0.756. The minimum absolute atomic E-state index is 0.0104. The summed E-state index contributed by atoms with van der Waals surface area (Å²) in [7, 11) is 2.84. The van der Waals surface area contributed by atoms with Crippen LogP contribution in [0.3, 0.4) is 0 Å². The average Bonchev–Trinajstić information content (AvgIpc) is 2.26. The number of esters is 1. The highest BCUT2D eigenvalue weighted by Crippen LogP contribution is 2.33. The molecular formula is C13H18O4. The summed E-state index contributed by atoms with van der Waals surface area (Å²) in [5, 5.41) is 0. The standard InChI is InChI=1S/C13H18O4/c1-8(2)17-11-7-9(3)6-10(12(11)15-4)13(14)16-5/h6-8H,1-5H3. The van der Waals surface area contributed by atoms with Crippen molar-refractivity contribution in [3.8, 4) is 11.5 Å². The lowest BCUT2D eigenvalue weighted by Gasteiger charge is -2.16. The van der Waals surface area contributed by atoms with Crippen LogP contribution in [0.15, 0.2) is 12.1 Å². The molecule has 4 nitrogen and oxygen atoms in total. The fraction of sp³-hybridized carbons (Fsp3) is 0.462. The van der Waals surface area contributed by atoms with Crippen LogP contribution in [0, 0.1) is 6.92 Å². The molecule has 17 heavy (non-hydrogen) atoms. The van der Waals surface area contributed by atoms with Gasteiger partial charge in [0, 0.05) is 0 Å². The zero-order chi connectivity index (χ0) is 13.0. The summed E-state index contributed by atoms with van der Waals surface area (Å²) >= 11 is 0. The number of benzene rings is 1. The first-order chi connectivity index (χ1) is 7.99. The third kappa shape index (κ3) is 3.12. The monoisotopic (exact) mass is 238 g/mol. The Balaban J connectivity index is 3.29. The van der Waals surface area contributed by atoms with E-state index < -0.39 is 5.97 Å². The summed E-state index contributed by atoms with van der Waals surface area (Å²) in [6.45, 7) is 5.72. The molecule has 0 aromatic heterocycles. The second-order valence-electron chi connectivity index (χ2n) is 4.00. The summed E-state index contributed by atoms with van der Waals surface area (Å²) < 4.78 is 15.6. The van der Waals surface area contributed by atoms with Crippen LogP contribution in [0.1, 0.15) is 29.8 Å². The van der Waals surface area contributed by atoms with Crippen molar-refractivity contribution in [1.82, 2.24) is 0 Å². The fourth-order valence-corrected chi connectivity index (χ4v) is 1.55. The van der Waals surface area contributed by atoms with Crippen molar-refractivity contribution in [3.63, 3.8) is 0 Å². The Kier molecular flexibility index (Phi) is 4.37. The molecule has 0 radical (unpaired) electrons. The van der Waals surface area contributed by atoms with Crippen LogP contribution in [0.5, 0.6) is 11.5 Å². The lowest BCUT2D eigenvalue weighted by atomic mass is 10.1. The summed E-state index contributed by atoms with van der Waals surface area (Å²) in [6, 6.07) is 3.56. The number of hydrogen-bond donors (Lipinski definition) is 0. The normalized spacial score (nSPS) is 10.2. The maximum absolute atomic E-state index is 11.6. The molecule has 0 bridgehead atoms. The van der Waals surface area contributed by atoms with E-state index in [1.54, 1.807) is 6.07 Å². The third-order valence-electron chi connectivity index (χ3n) is 2.17. The molecule has 0 saturated heterocycles. The van der Waals surface area contributed by atoms with Crippen LogP contribution in [-0.4, -0.2) is 26.3 Å². The molecule has 0 spiro atoms. The highest BCUT2D eigenvalue weighted by Gasteiger charge is 2.19. The van der Waals surface area contributed by atoms with Gasteiger partial charge in [0.15, 0.2) is 11.5 Å². The first kappa shape index (κ1) is 13.4. The Morgan fingerprint density at radius 3 is 2.35 bits per heavy atom. The maximum atomic E-state index is 11.6. The van der Waals surface area contributed by atoms with Gasteiger partial charge in [-0.15, -0.1) is 0 Å². The molecule has 0 fully saturated rings. The number of aryl methyl sites for hydroxylation is 1. The molecule has 1 rings (SSSR count). The Morgan fingerprint density at radius 1 is 1.24 bits per heavy atom. The van der Waals surface area contributed by atoms with Gasteiger partial charge in [-0.05, 0) is 38.5 Å². The molecule has 94 valence electrons. The Bertz CT molecular complexity index is 410. The minimum atomic E-state index is -0.431. The van der Waals surface area contributed by atoms with Gasteiger partial charge in [0.1, 0.15) is 5.56 Å². The minimum Gasteiger partial charge on any atom is -0.492 e. The van der Waals surface area contributed by atoms with E-state index in [0.717, 1.165) is 5.56 Å². The molecule has 1 aromatic rings. The van der Waals surface area contributed by atoms with Gasteiger partial charge in [0.05, 0.1) is 20.3 Å². The van der Waals surface area contributed by atoms with Crippen LogP contribution in [0.2, 0.25) is 0 Å². The molecule has 0 aliphatic heterocycles. The van der Waals surface area contributed by atoms with Crippen LogP contribution in [0.25, 0.3) is 0 Å².